The van der Waals surface area contributed by atoms with Gasteiger partial charge < -0.3 is 9.32 Å². The molecule has 0 saturated carbocycles. The van der Waals surface area contributed by atoms with Gasteiger partial charge in [0.25, 0.3) is 0 Å². The van der Waals surface area contributed by atoms with Gasteiger partial charge in [-0.15, -0.1) is 0 Å². The molecule has 9 rings (SSSR count). The third-order valence-corrected chi connectivity index (χ3v) is 9.84. The van der Waals surface area contributed by atoms with Gasteiger partial charge in [-0.2, -0.15) is 0 Å². The van der Waals surface area contributed by atoms with Crippen LogP contribution in [0.4, 0.5) is 17.1 Å². The van der Waals surface area contributed by atoms with Gasteiger partial charge in [-0.25, -0.2) is 0 Å². The van der Waals surface area contributed by atoms with E-state index >= 15 is 0 Å². The van der Waals surface area contributed by atoms with E-state index in [1.807, 2.05) is 0 Å². The lowest BCUT2D eigenvalue weighted by atomic mass is 9.80. The van der Waals surface area contributed by atoms with Gasteiger partial charge in [0.2, 0.25) is 0 Å². The van der Waals surface area contributed by atoms with Crippen molar-refractivity contribution in [3.05, 3.63) is 175 Å². The van der Waals surface area contributed by atoms with Crippen molar-refractivity contribution in [2.24, 2.45) is 0 Å². The van der Waals surface area contributed by atoms with Crippen LogP contribution in [0.15, 0.2) is 168 Å². The molecule has 0 N–H and O–H groups in total. The maximum absolute atomic E-state index is 6.84. The fraction of sp³-hybridized carbons (Fsp3) is 0.0667. The summed E-state index contributed by atoms with van der Waals surface area (Å²) >= 11 is 0. The third-order valence-electron chi connectivity index (χ3n) is 9.84. The Morgan fingerprint density at radius 3 is 1.81 bits per heavy atom. The van der Waals surface area contributed by atoms with Crippen LogP contribution in [0.1, 0.15) is 25.0 Å². The van der Waals surface area contributed by atoms with Crippen LogP contribution in [0.2, 0.25) is 0 Å². The minimum atomic E-state index is -0.235. The zero-order valence-corrected chi connectivity index (χ0v) is 26.4. The van der Waals surface area contributed by atoms with Gasteiger partial charge in [0.05, 0.1) is 11.4 Å². The van der Waals surface area contributed by atoms with Crippen molar-refractivity contribution < 1.29 is 4.42 Å². The Kier molecular flexibility index (Phi) is 6.20. The molecule has 7 aromatic carbocycles. The molecule has 0 radical (unpaired) electrons. The van der Waals surface area contributed by atoms with Crippen molar-refractivity contribution in [1.29, 1.82) is 0 Å². The highest BCUT2D eigenvalue weighted by molar-refractivity contribution is 6.16. The zero-order valence-electron chi connectivity index (χ0n) is 26.4. The van der Waals surface area contributed by atoms with Gasteiger partial charge in [0.1, 0.15) is 5.58 Å². The summed E-state index contributed by atoms with van der Waals surface area (Å²) in [4.78, 5) is 2.40. The first-order chi connectivity index (χ1) is 23.1. The van der Waals surface area contributed by atoms with E-state index in [-0.39, 0.29) is 5.41 Å². The van der Waals surface area contributed by atoms with Gasteiger partial charge in [0, 0.05) is 21.9 Å². The SMILES string of the molecule is CC1(C)c2cccc(-c3ccccc3)c2-c2cccc(N(c3ccccc3)c3cccc4c3oc3cccc(-c5ccccc5)c34)c21. The second-order valence-corrected chi connectivity index (χ2v) is 12.9. The van der Waals surface area contributed by atoms with Crippen LogP contribution in [0.25, 0.3) is 55.3 Å². The van der Waals surface area contributed by atoms with Gasteiger partial charge in [-0.3, -0.25) is 0 Å². The zero-order chi connectivity index (χ0) is 31.5. The predicted octanol–water partition coefficient (Wildman–Crippen LogP) is 12.7. The Bertz CT molecular complexity index is 2420. The van der Waals surface area contributed by atoms with Gasteiger partial charge in [0.15, 0.2) is 5.58 Å². The molecule has 224 valence electrons. The van der Waals surface area contributed by atoms with E-state index < -0.39 is 0 Å². The molecule has 0 aliphatic heterocycles. The number of furan rings is 1. The summed E-state index contributed by atoms with van der Waals surface area (Å²) in [6.07, 6.45) is 0. The van der Waals surface area contributed by atoms with E-state index in [1.165, 1.54) is 44.5 Å². The molecule has 2 heteroatoms. The van der Waals surface area contributed by atoms with Crippen LogP contribution >= 0.6 is 0 Å². The van der Waals surface area contributed by atoms with Crippen LogP contribution in [-0.2, 0) is 5.41 Å². The number of hydrogen-bond acceptors (Lipinski definition) is 2. The summed E-state index contributed by atoms with van der Waals surface area (Å²) in [5, 5.41) is 2.25. The molecule has 1 aromatic heterocycles. The van der Waals surface area contributed by atoms with Crippen molar-refractivity contribution in [2.45, 2.75) is 19.3 Å². The molecule has 0 atom stereocenters. The number of rotatable bonds is 5. The lowest BCUT2D eigenvalue weighted by molar-refractivity contribution is 0.659. The van der Waals surface area contributed by atoms with E-state index in [2.05, 4.69) is 183 Å². The van der Waals surface area contributed by atoms with Gasteiger partial charge >= 0.3 is 0 Å². The predicted molar refractivity (Wildman–Crippen MR) is 197 cm³/mol. The molecule has 0 amide bonds. The average Bonchev–Trinajstić information content (AvgIpc) is 3.63. The first kappa shape index (κ1) is 27.5. The lowest BCUT2D eigenvalue weighted by Crippen LogP contribution is -2.20. The van der Waals surface area contributed by atoms with Crippen molar-refractivity contribution in [3.8, 4) is 33.4 Å². The Balaban J connectivity index is 1.32. The summed E-state index contributed by atoms with van der Waals surface area (Å²) in [5.41, 5.74) is 14.9. The quantitative estimate of drug-likeness (QED) is 0.195. The van der Waals surface area contributed by atoms with E-state index in [0.717, 1.165) is 39.0 Å². The topological polar surface area (TPSA) is 16.4 Å². The van der Waals surface area contributed by atoms with Crippen LogP contribution in [-0.4, -0.2) is 0 Å². The molecule has 0 bridgehead atoms. The molecule has 0 saturated heterocycles. The highest BCUT2D eigenvalue weighted by Crippen LogP contribution is 2.57. The first-order valence-corrected chi connectivity index (χ1v) is 16.3. The Hall–Kier alpha value is -5.86. The highest BCUT2D eigenvalue weighted by Gasteiger charge is 2.40. The second-order valence-electron chi connectivity index (χ2n) is 12.9. The largest absolute Gasteiger partial charge is 0.454 e. The Morgan fingerprint density at radius 1 is 0.489 bits per heavy atom. The van der Waals surface area contributed by atoms with Gasteiger partial charge in [-0.05, 0) is 74.8 Å². The van der Waals surface area contributed by atoms with Crippen LogP contribution in [0.3, 0.4) is 0 Å². The molecular weight excluding hydrogens is 571 g/mol. The molecule has 1 aliphatic carbocycles. The number of anilines is 3. The van der Waals surface area contributed by atoms with E-state index in [1.54, 1.807) is 0 Å². The minimum Gasteiger partial charge on any atom is -0.454 e. The van der Waals surface area contributed by atoms with Crippen molar-refractivity contribution in [3.63, 3.8) is 0 Å². The molecular formula is C45H33NO. The average molecular weight is 604 g/mol. The monoisotopic (exact) mass is 603 g/mol. The van der Waals surface area contributed by atoms with E-state index in [0.29, 0.717) is 0 Å². The normalized spacial score (nSPS) is 13.1. The summed E-state index contributed by atoms with van der Waals surface area (Å²) in [7, 11) is 0. The molecule has 8 aromatic rings. The molecule has 0 spiro atoms. The standard InChI is InChI=1S/C45H33NO/c1-45(2)37-26-12-22-33(30-16-6-3-7-17-30)41(37)35-24-13-27-38(43(35)45)46(32-20-10-5-11-21-32)39-28-14-25-36-42-34(31-18-8-4-9-19-31)23-15-29-40(42)47-44(36)39/h3-29H,1-2H3. The molecule has 1 heterocycles. The van der Waals surface area contributed by atoms with Crippen LogP contribution < -0.4 is 4.90 Å². The summed E-state index contributed by atoms with van der Waals surface area (Å²) < 4.78 is 6.84. The maximum atomic E-state index is 6.84. The smallest absolute Gasteiger partial charge is 0.159 e. The summed E-state index contributed by atoms with van der Waals surface area (Å²) in [5.74, 6) is 0. The molecule has 2 nitrogen and oxygen atoms in total. The minimum absolute atomic E-state index is 0.235. The Morgan fingerprint density at radius 2 is 1.06 bits per heavy atom. The van der Waals surface area contributed by atoms with Gasteiger partial charge in [-0.1, -0.05) is 147 Å². The molecule has 0 fully saturated rings. The first-order valence-electron chi connectivity index (χ1n) is 16.3. The molecule has 47 heavy (non-hydrogen) atoms. The molecule has 0 unspecified atom stereocenters. The summed E-state index contributed by atoms with van der Waals surface area (Å²) in [6, 6.07) is 58.6. The third kappa shape index (κ3) is 4.18. The second kappa shape index (κ2) is 10.6. The number of para-hydroxylation sites is 2. The maximum Gasteiger partial charge on any atom is 0.159 e. The number of fused-ring (bicyclic) bond motifs is 6. The van der Waals surface area contributed by atoms with E-state index in [9.17, 15) is 0 Å². The van der Waals surface area contributed by atoms with Crippen molar-refractivity contribution in [2.75, 3.05) is 4.90 Å². The number of hydrogen-bond donors (Lipinski definition) is 0. The Labute approximate surface area is 275 Å². The number of benzene rings is 7. The molecule has 1 aliphatic rings. The summed E-state index contributed by atoms with van der Waals surface area (Å²) in [6.45, 7) is 4.74. The lowest BCUT2D eigenvalue weighted by Gasteiger charge is -2.32. The van der Waals surface area contributed by atoms with Crippen LogP contribution in [0, 0.1) is 0 Å². The fourth-order valence-electron chi connectivity index (χ4n) is 7.80. The van der Waals surface area contributed by atoms with E-state index in [4.69, 9.17) is 4.42 Å². The van der Waals surface area contributed by atoms with Crippen LogP contribution in [0.5, 0.6) is 0 Å². The number of nitrogens with zero attached hydrogens (tertiary/aromatic N) is 1. The van der Waals surface area contributed by atoms with Crippen molar-refractivity contribution >= 4 is 39.0 Å². The van der Waals surface area contributed by atoms with Crippen molar-refractivity contribution in [1.82, 2.24) is 0 Å². The fourth-order valence-corrected chi connectivity index (χ4v) is 7.80. The highest BCUT2D eigenvalue weighted by atomic mass is 16.3.